The molecule has 13 heavy (non-hydrogen) atoms. The van der Waals surface area contributed by atoms with Gasteiger partial charge < -0.3 is 10.2 Å². The molecule has 3 heteroatoms. The van der Waals surface area contributed by atoms with E-state index in [0.29, 0.717) is 12.8 Å². The van der Waals surface area contributed by atoms with Crippen LogP contribution in [0.5, 0.6) is 0 Å². The van der Waals surface area contributed by atoms with Gasteiger partial charge in [-0.25, -0.2) is 0 Å². The molecule has 1 rings (SSSR count). The van der Waals surface area contributed by atoms with Crippen LogP contribution in [0.2, 0.25) is 0 Å². The normalized spacial score (nSPS) is 22.1. The second-order valence-electron chi connectivity index (χ2n) is 3.10. The molecule has 0 amide bonds. The van der Waals surface area contributed by atoms with Gasteiger partial charge in [0.25, 0.3) is 0 Å². The van der Waals surface area contributed by atoms with E-state index < -0.39 is 0 Å². The van der Waals surface area contributed by atoms with E-state index in [1.54, 1.807) is 0 Å². The highest BCUT2D eigenvalue weighted by atomic mass is 79.9. The maximum atomic E-state index is 9.49. The fourth-order valence-corrected chi connectivity index (χ4v) is 1.76. The van der Waals surface area contributed by atoms with E-state index in [4.69, 9.17) is 5.11 Å². The summed E-state index contributed by atoms with van der Waals surface area (Å²) in [5.41, 5.74) is 3.66. The van der Waals surface area contributed by atoms with Crippen LogP contribution in [0.1, 0.15) is 19.8 Å². The molecule has 1 aliphatic carbocycles. The van der Waals surface area contributed by atoms with Gasteiger partial charge in [-0.3, -0.25) is 0 Å². The van der Waals surface area contributed by atoms with Crippen molar-refractivity contribution in [2.24, 2.45) is 5.92 Å². The zero-order chi connectivity index (χ0) is 9.84. The molecule has 0 aromatic carbocycles. The van der Waals surface area contributed by atoms with Crippen molar-refractivity contribution in [2.45, 2.75) is 19.8 Å². The topological polar surface area (TPSA) is 40.5 Å². The van der Waals surface area contributed by atoms with E-state index >= 15 is 0 Å². The minimum atomic E-state index is 0.148. The average Bonchev–Trinajstić information content (AvgIpc) is 2.12. The van der Waals surface area contributed by atoms with Crippen molar-refractivity contribution in [1.82, 2.24) is 0 Å². The third kappa shape index (κ3) is 2.47. The Bertz CT molecular complexity index is 285. The van der Waals surface area contributed by atoms with E-state index in [2.05, 4.69) is 21.7 Å². The Morgan fingerprint density at radius 1 is 1.62 bits per heavy atom. The van der Waals surface area contributed by atoms with Gasteiger partial charge in [-0.1, -0.05) is 28.6 Å². The smallest absolute Gasteiger partial charge is 0.163 e. The van der Waals surface area contributed by atoms with Gasteiger partial charge in [0.2, 0.25) is 0 Å². The predicted octanol–water partition coefficient (Wildman–Crippen LogP) is 2.65. The third-order valence-electron chi connectivity index (χ3n) is 2.03. The van der Waals surface area contributed by atoms with Crippen molar-refractivity contribution in [3.63, 3.8) is 0 Å². The highest BCUT2D eigenvalue weighted by Crippen LogP contribution is 2.31. The van der Waals surface area contributed by atoms with Crippen LogP contribution in [-0.2, 0) is 0 Å². The number of aliphatic hydroxyl groups is 2. The summed E-state index contributed by atoms with van der Waals surface area (Å²) < 4.78 is 0.997. The van der Waals surface area contributed by atoms with E-state index in [9.17, 15) is 5.11 Å². The van der Waals surface area contributed by atoms with E-state index in [-0.39, 0.29) is 18.3 Å². The van der Waals surface area contributed by atoms with Crippen LogP contribution < -0.4 is 0 Å². The lowest BCUT2D eigenvalue weighted by molar-refractivity contribution is 0.287. The first-order valence-corrected chi connectivity index (χ1v) is 5.11. The summed E-state index contributed by atoms with van der Waals surface area (Å²) in [6.45, 7) is 2.18. The second kappa shape index (κ2) is 4.66. The molecule has 0 fully saturated rings. The van der Waals surface area contributed by atoms with Gasteiger partial charge in [0.1, 0.15) is 0 Å². The minimum absolute atomic E-state index is 0.148. The van der Waals surface area contributed by atoms with Crippen molar-refractivity contribution < 1.29 is 10.2 Å². The fourth-order valence-electron chi connectivity index (χ4n) is 1.25. The van der Waals surface area contributed by atoms with Crippen LogP contribution >= 0.6 is 15.9 Å². The lowest BCUT2D eigenvalue weighted by Crippen LogP contribution is -2.02. The molecule has 0 saturated carbocycles. The summed E-state index contributed by atoms with van der Waals surface area (Å²) in [7, 11) is 0. The van der Waals surface area contributed by atoms with Gasteiger partial charge >= 0.3 is 0 Å². The fraction of sp³-hybridized carbons (Fsp3) is 0.500. The molecule has 0 saturated heterocycles. The van der Waals surface area contributed by atoms with E-state index in [1.165, 1.54) is 0 Å². The van der Waals surface area contributed by atoms with Crippen molar-refractivity contribution in [3.05, 3.63) is 27.6 Å². The lowest BCUT2D eigenvalue weighted by atomic mass is 9.98. The van der Waals surface area contributed by atoms with E-state index in [1.807, 2.05) is 13.0 Å². The number of rotatable bonds is 3. The van der Waals surface area contributed by atoms with Crippen molar-refractivity contribution in [3.8, 4) is 0 Å². The Balaban J connectivity index is 2.84. The summed E-state index contributed by atoms with van der Waals surface area (Å²) in [5, 5.41) is 18.2. The van der Waals surface area contributed by atoms with Gasteiger partial charge in [0.05, 0.1) is 0 Å². The minimum Gasteiger partial charge on any atom is -0.501 e. The Kier molecular flexibility index (Phi) is 3.79. The molecular weight excluding hydrogens is 232 g/mol. The number of halogens is 1. The molecule has 0 aromatic heterocycles. The maximum absolute atomic E-state index is 9.49. The van der Waals surface area contributed by atoms with Gasteiger partial charge in [0.15, 0.2) is 5.76 Å². The SMILES string of the molecule is CC1C=C=C(O)C(CCCO)=C1Br. The second-order valence-corrected chi connectivity index (χ2v) is 3.96. The zero-order valence-corrected chi connectivity index (χ0v) is 9.13. The Morgan fingerprint density at radius 2 is 2.31 bits per heavy atom. The van der Waals surface area contributed by atoms with Crippen LogP contribution in [0.3, 0.4) is 0 Å². The first kappa shape index (κ1) is 10.6. The Hall–Kier alpha value is -0.500. The molecule has 0 spiro atoms. The molecule has 1 unspecified atom stereocenters. The van der Waals surface area contributed by atoms with Crippen molar-refractivity contribution in [2.75, 3.05) is 6.61 Å². The maximum Gasteiger partial charge on any atom is 0.163 e. The van der Waals surface area contributed by atoms with Crippen molar-refractivity contribution in [1.29, 1.82) is 0 Å². The Morgan fingerprint density at radius 3 is 2.92 bits per heavy atom. The van der Waals surface area contributed by atoms with Crippen LogP contribution in [0, 0.1) is 5.92 Å². The van der Waals surface area contributed by atoms with Crippen LogP contribution in [0.25, 0.3) is 0 Å². The molecule has 0 radical (unpaired) electrons. The summed E-state index contributed by atoms with van der Waals surface area (Å²) in [4.78, 5) is 0. The van der Waals surface area contributed by atoms with Gasteiger partial charge in [-0.15, -0.1) is 0 Å². The highest BCUT2D eigenvalue weighted by molar-refractivity contribution is 9.11. The number of hydrogen-bond donors (Lipinski definition) is 2. The van der Waals surface area contributed by atoms with Crippen LogP contribution in [0.4, 0.5) is 0 Å². The monoisotopic (exact) mass is 244 g/mol. The highest BCUT2D eigenvalue weighted by Gasteiger charge is 2.15. The number of allylic oxidation sites excluding steroid dienone is 2. The van der Waals surface area contributed by atoms with Crippen LogP contribution in [-0.4, -0.2) is 16.8 Å². The molecule has 0 aromatic rings. The van der Waals surface area contributed by atoms with Gasteiger partial charge in [0, 0.05) is 22.6 Å². The van der Waals surface area contributed by atoms with E-state index in [0.717, 1.165) is 10.1 Å². The Labute approximate surface area is 86.4 Å². The molecule has 2 N–H and O–H groups in total. The molecule has 1 atom stereocenters. The largest absolute Gasteiger partial charge is 0.501 e. The quantitative estimate of drug-likeness (QED) is 0.750. The van der Waals surface area contributed by atoms with Gasteiger partial charge in [-0.05, 0) is 18.9 Å². The van der Waals surface area contributed by atoms with Crippen LogP contribution in [0.15, 0.2) is 27.6 Å². The summed E-state index contributed by atoms with van der Waals surface area (Å²) in [6, 6.07) is 0. The number of aliphatic hydroxyl groups excluding tert-OH is 2. The number of hydrogen-bond acceptors (Lipinski definition) is 2. The molecule has 2 nitrogen and oxygen atoms in total. The summed E-state index contributed by atoms with van der Waals surface area (Å²) in [5.74, 6) is 0.461. The lowest BCUT2D eigenvalue weighted by Gasteiger charge is -2.15. The summed E-state index contributed by atoms with van der Waals surface area (Å²) in [6.07, 6.45) is 3.18. The van der Waals surface area contributed by atoms with Crippen molar-refractivity contribution >= 4 is 15.9 Å². The molecule has 1 aliphatic rings. The molecule has 0 heterocycles. The third-order valence-corrected chi connectivity index (χ3v) is 3.23. The molecular formula is C10H13BrO2. The average molecular weight is 245 g/mol. The zero-order valence-electron chi connectivity index (χ0n) is 7.55. The first-order chi connectivity index (χ1) is 6.16. The standard InChI is InChI=1S/C10H13BrO2/c1-7-4-5-9(13)8(10(7)11)3-2-6-12/h4,7,12-13H,2-3,6H2,1H3. The first-order valence-electron chi connectivity index (χ1n) is 4.32. The molecule has 0 bridgehead atoms. The summed E-state index contributed by atoms with van der Waals surface area (Å²) >= 11 is 3.44. The predicted molar refractivity (Wildman–Crippen MR) is 55.7 cm³/mol. The molecule has 0 aliphatic heterocycles. The molecule has 72 valence electrons. The van der Waals surface area contributed by atoms with Gasteiger partial charge in [-0.2, -0.15) is 0 Å².